The van der Waals surface area contributed by atoms with Crippen LogP contribution in [0, 0.1) is 35.5 Å². The fourth-order valence-electron chi connectivity index (χ4n) is 10.7. The van der Waals surface area contributed by atoms with E-state index in [9.17, 15) is 34.9 Å². The lowest BCUT2D eigenvalue weighted by Crippen LogP contribution is -2.61. The summed E-state index contributed by atoms with van der Waals surface area (Å²) in [6.45, 7) is 13.1. The number of ether oxygens (including phenoxy) is 6. The number of rotatable bonds is 8. The second kappa shape index (κ2) is 27.0. The highest BCUT2D eigenvalue weighted by Gasteiger charge is 2.53. The first-order valence-electron chi connectivity index (χ1n) is 24.9. The number of ketones is 2. The van der Waals surface area contributed by atoms with Gasteiger partial charge < -0.3 is 43.5 Å². The van der Waals surface area contributed by atoms with Crippen LogP contribution in [0.15, 0.2) is 52.7 Å². The van der Waals surface area contributed by atoms with Crippen LogP contribution < -0.4 is 0 Å². The molecule has 0 radical (unpaired) electrons. The average molecular weight is 955 g/mol. The van der Waals surface area contributed by atoms with Gasteiger partial charge in [0.25, 0.3) is 11.7 Å². The fourth-order valence-corrected chi connectivity index (χ4v) is 10.7. The lowest BCUT2D eigenvalue weighted by atomic mass is 9.78. The van der Waals surface area contributed by atoms with Crippen LogP contribution in [-0.4, -0.2) is 134 Å². The molecule has 3 fully saturated rings. The first-order chi connectivity index (χ1) is 32.3. The van der Waals surface area contributed by atoms with Crippen LogP contribution in [-0.2, 0) is 47.6 Å². The molecule has 4 aliphatic rings. The van der Waals surface area contributed by atoms with Crippen molar-refractivity contribution in [1.82, 2.24) is 4.90 Å². The first-order valence-corrected chi connectivity index (χ1v) is 24.9. The lowest BCUT2D eigenvalue weighted by Gasteiger charge is -2.43. The summed E-state index contributed by atoms with van der Waals surface area (Å²) in [4.78, 5) is 61.4. The summed E-state index contributed by atoms with van der Waals surface area (Å²) in [6.07, 6.45) is 13.3. The zero-order chi connectivity index (χ0) is 50.3. The van der Waals surface area contributed by atoms with Crippen molar-refractivity contribution in [3.8, 4) is 0 Å². The minimum atomic E-state index is -2.42. The highest BCUT2D eigenvalue weighted by atomic mass is 16.6. The van der Waals surface area contributed by atoms with Gasteiger partial charge in [-0.05, 0) is 125 Å². The van der Waals surface area contributed by atoms with Gasteiger partial charge in [0, 0.05) is 64.2 Å². The predicted octanol–water partition coefficient (Wildman–Crippen LogP) is 7.94. The SMILES string of the molecule is CO[C@H]1C[C@@H]2CC[C@@H](C)[C@@](O)(O2)C(=O)C(=O)N2CCCC[C@H]2C(=O)O[C@H]([C@H](C)C[C@@H]2CC[C@@H](OC)[C@H](OC)C2)C[C@H](N=[N+]=[N-])[C@H](C)/C=C(\C)[C@@H](O)[C@@H](OC)C(=O)[C@H](C)C[C@H](C)/C=C/C=C/C=C/1C. The Kier molecular flexibility index (Phi) is 22.6. The van der Waals surface area contributed by atoms with E-state index < -0.39 is 83.8 Å². The molecular formula is C52H82N4O12. The van der Waals surface area contributed by atoms with E-state index in [1.54, 1.807) is 41.3 Å². The third kappa shape index (κ3) is 14.9. The lowest BCUT2D eigenvalue weighted by molar-refractivity contribution is -0.265. The predicted molar refractivity (Wildman–Crippen MR) is 258 cm³/mol. The second-order valence-electron chi connectivity index (χ2n) is 20.2. The van der Waals surface area contributed by atoms with Crippen LogP contribution in [0.1, 0.15) is 126 Å². The number of carbonyl (C=O) groups excluding carboxylic acids is 4. The van der Waals surface area contributed by atoms with Crippen molar-refractivity contribution in [1.29, 1.82) is 0 Å². The van der Waals surface area contributed by atoms with E-state index >= 15 is 0 Å². The summed E-state index contributed by atoms with van der Waals surface area (Å²) in [5.74, 6) is -7.15. The molecule has 3 heterocycles. The Morgan fingerprint density at radius 1 is 0.868 bits per heavy atom. The summed E-state index contributed by atoms with van der Waals surface area (Å²) in [7, 11) is 6.33. The monoisotopic (exact) mass is 955 g/mol. The number of carbonyl (C=O) groups is 4. The number of amides is 1. The number of hydrogen-bond donors (Lipinski definition) is 2. The van der Waals surface area contributed by atoms with E-state index in [4.69, 9.17) is 28.4 Å². The Labute approximate surface area is 404 Å². The minimum Gasteiger partial charge on any atom is -0.461 e. The molecule has 0 aromatic heterocycles. The topological polar surface area (TPSA) is 216 Å². The maximum Gasteiger partial charge on any atom is 0.329 e. The van der Waals surface area contributed by atoms with Crippen molar-refractivity contribution in [3.05, 3.63) is 58.0 Å². The summed E-state index contributed by atoms with van der Waals surface area (Å²) in [5.41, 5.74) is 11.2. The van der Waals surface area contributed by atoms with Crippen molar-refractivity contribution in [3.63, 3.8) is 0 Å². The number of fused-ring (bicyclic) bond motifs is 3. The molecule has 1 saturated carbocycles. The fraction of sp³-hybridized carbons (Fsp3) is 0.769. The van der Waals surface area contributed by atoms with E-state index in [-0.39, 0.29) is 55.1 Å². The van der Waals surface area contributed by atoms with Gasteiger partial charge in [-0.2, -0.15) is 0 Å². The number of nitrogens with zero attached hydrogens (tertiary/aromatic N) is 4. The number of piperidine rings is 1. The van der Waals surface area contributed by atoms with Crippen molar-refractivity contribution < 1.29 is 57.8 Å². The molecule has 0 aromatic rings. The first kappa shape index (κ1) is 56.9. The van der Waals surface area contributed by atoms with Crippen LogP contribution >= 0.6 is 0 Å². The van der Waals surface area contributed by atoms with Crippen LogP contribution in [0.4, 0.5) is 0 Å². The smallest absolute Gasteiger partial charge is 0.329 e. The van der Waals surface area contributed by atoms with E-state index in [0.717, 1.165) is 24.8 Å². The van der Waals surface area contributed by atoms with Crippen molar-refractivity contribution in [2.24, 2.45) is 40.6 Å². The van der Waals surface area contributed by atoms with Gasteiger partial charge in [0.1, 0.15) is 24.4 Å². The third-order valence-electron chi connectivity index (χ3n) is 15.1. The molecule has 0 unspecified atom stereocenters. The number of cyclic esters (lactones) is 1. The van der Waals surface area contributed by atoms with E-state index in [0.29, 0.717) is 50.5 Å². The quantitative estimate of drug-likeness (QED) is 0.0592. The molecule has 0 aromatic carbocycles. The summed E-state index contributed by atoms with van der Waals surface area (Å²) < 4.78 is 35.6. The van der Waals surface area contributed by atoms with Gasteiger partial charge >= 0.3 is 5.97 Å². The van der Waals surface area contributed by atoms with Crippen LogP contribution in [0.3, 0.4) is 0 Å². The van der Waals surface area contributed by atoms with Crippen molar-refractivity contribution >= 4 is 23.4 Å². The maximum absolute atomic E-state index is 14.6. The van der Waals surface area contributed by atoms with Crippen LogP contribution in [0.5, 0.6) is 0 Å². The van der Waals surface area contributed by atoms with Crippen molar-refractivity contribution in [2.45, 2.75) is 186 Å². The largest absolute Gasteiger partial charge is 0.461 e. The number of hydrogen-bond acceptors (Lipinski definition) is 13. The van der Waals surface area contributed by atoms with Crippen LogP contribution in [0.25, 0.3) is 10.4 Å². The van der Waals surface area contributed by atoms with Gasteiger partial charge in [0.05, 0.1) is 24.4 Å². The standard InChI is InChI=1S/C52H82N4O12/c1-31-17-13-12-14-18-32(2)43(64-9)29-39-22-20-37(7)52(62,68-39)49(59)50(60)56-24-16-15-19-41(56)51(61)67-44(34(4)27-38-21-23-42(63-8)45(28-38)65-10)30-40(54-55-53)33(3)26-36(6)47(58)48(66-11)46(57)35(5)25-31/h12-14,17-18,26,31,33-35,37-45,47-48,58,62H,15-16,19-25,27-30H2,1-11H3/b14-12+,17-13+,32-18+,36-26+/t31-,33-,34-,35-,37-,38+,39+,40+,41+,42-,43+,44+,45-,47-,48+,52-/m1/s1. The highest BCUT2D eigenvalue weighted by molar-refractivity contribution is 6.39. The molecule has 68 heavy (non-hydrogen) atoms. The molecule has 2 bridgehead atoms. The van der Waals surface area contributed by atoms with E-state index in [1.165, 1.54) is 12.0 Å². The zero-order valence-corrected chi connectivity index (χ0v) is 42.6. The molecular weight excluding hydrogens is 873 g/mol. The van der Waals surface area contributed by atoms with Gasteiger partial charge in [-0.3, -0.25) is 14.4 Å². The number of methoxy groups -OCH3 is 4. The number of azide groups is 1. The molecule has 16 atom stereocenters. The number of aliphatic hydroxyl groups is 2. The van der Waals surface area contributed by atoms with Gasteiger partial charge in [0.15, 0.2) is 5.78 Å². The zero-order valence-electron chi connectivity index (χ0n) is 42.6. The Hall–Kier alpha value is -3.73. The molecule has 3 aliphatic heterocycles. The summed E-state index contributed by atoms with van der Waals surface area (Å²) in [6, 6.07) is -1.88. The molecule has 0 spiro atoms. The normalized spacial score (nSPS) is 40.0. The number of esters is 1. The van der Waals surface area contributed by atoms with Crippen LogP contribution in [0.2, 0.25) is 0 Å². The molecule has 382 valence electrons. The van der Waals surface area contributed by atoms with Gasteiger partial charge in [-0.15, -0.1) is 0 Å². The molecule has 1 amide bonds. The Balaban J connectivity index is 1.75. The van der Waals surface area contributed by atoms with E-state index in [1.807, 2.05) is 65.0 Å². The van der Waals surface area contributed by atoms with Crippen molar-refractivity contribution in [2.75, 3.05) is 35.0 Å². The maximum atomic E-state index is 14.6. The van der Waals surface area contributed by atoms with E-state index in [2.05, 4.69) is 10.0 Å². The molecule has 2 saturated heterocycles. The Morgan fingerprint density at radius 2 is 1.59 bits per heavy atom. The highest BCUT2D eigenvalue weighted by Crippen LogP contribution is 2.38. The van der Waals surface area contributed by atoms with Gasteiger partial charge in [-0.1, -0.05) is 76.2 Å². The minimum absolute atomic E-state index is 0.0218. The summed E-state index contributed by atoms with van der Waals surface area (Å²) in [5, 5.41) is 27.8. The Bertz CT molecular complexity index is 1860. The second-order valence-corrected chi connectivity index (χ2v) is 20.2. The number of Topliss-reactive ketones (excluding diaryl/α,β-unsaturated/α-hetero) is 2. The number of allylic oxidation sites excluding steroid dienone is 5. The molecule has 2 N–H and O–H groups in total. The molecule has 4 rings (SSSR count). The summed E-state index contributed by atoms with van der Waals surface area (Å²) >= 11 is 0. The Morgan fingerprint density at radius 3 is 2.25 bits per heavy atom. The molecule has 16 nitrogen and oxygen atoms in total. The van der Waals surface area contributed by atoms with Gasteiger partial charge in [0.2, 0.25) is 5.79 Å². The van der Waals surface area contributed by atoms with Gasteiger partial charge in [-0.25, -0.2) is 4.79 Å². The number of aliphatic hydroxyl groups excluding tert-OH is 1. The molecule has 1 aliphatic carbocycles. The third-order valence-corrected chi connectivity index (χ3v) is 15.1. The average Bonchev–Trinajstić information content (AvgIpc) is 3.32. The molecule has 16 heteroatoms.